The van der Waals surface area contributed by atoms with Crippen molar-refractivity contribution in [3.63, 3.8) is 0 Å². The predicted octanol–water partition coefficient (Wildman–Crippen LogP) is 4.42. The van der Waals surface area contributed by atoms with Crippen LogP contribution in [0.3, 0.4) is 0 Å². The quantitative estimate of drug-likeness (QED) is 0.501. The zero-order valence-corrected chi connectivity index (χ0v) is 16.3. The molecule has 0 fully saturated rings. The highest BCUT2D eigenvalue weighted by Gasteiger charge is 2.19. The number of carbonyl (C=O) groups excluding carboxylic acids is 1. The van der Waals surface area contributed by atoms with Gasteiger partial charge in [0.15, 0.2) is 5.82 Å². The average molecular weight is 401 g/mol. The second-order valence-corrected chi connectivity index (χ2v) is 7.04. The van der Waals surface area contributed by atoms with E-state index in [1.54, 1.807) is 42.3 Å². The molecule has 2 aromatic carbocycles. The first kappa shape index (κ1) is 19.0. The number of esters is 1. The molecule has 3 aromatic rings. The normalized spacial score (nSPS) is 10.5. The first-order chi connectivity index (χ1) is 13.0. The number of methoxy groups -OCH3 is 1. The van der Waals surface area contributed by atoms with Crippen molar-refractivity contribution in [1.29, 1.82) is 0 Å². The number of para-hydroxylation sites is 1. The number of ether oxygens (including phenoxy) is 1. The number of aromatic nitrogens is 2. The standard InChI is InChI=1S/C19H17ClN4O2S/c1-24(15-6-4-3-5-14(15)19(25)26-2)17-16(21)18(23-11-22-17)27-13-9-7-12(20)8-10-13/h3-11H,21H2,1-2H3. The summed E-state index contributed by atoms with van der Waals surface area (Å²) in [6, 6.07) is 14.5. The summed E-state index contributed by atoms with van der Waals surface area (Å²) < 4.78 is 4.86. The molecule has 0 spiro atoms. The van der Waals surface area contributed by atoms with E-state index in [9.17, 15) is 4.79 Å². The lowest BCUT2D eigenvalue weighted by Gasteiger charge is -2.22. The van der Waals surface area contributed by atoms with Crippen LogP contribution in [0.4, 0.5) is 17.2 Å². The van der Waals surface area contributed by atoms with Gasteiger partial charge in [-0.15, -0.1) is 0 Å². The van der Waals surface area contributed by atoms with E-state index < -0.39 is 5.97 Å². The van der Waals surface area contributed by atoms with Gasteiger partial charge in [-0.2, -0.15) is 0 Å². The molecule has 0 saturated heterocycles. The van der Waals surface area contributed by atoms with Crippen molar-refractivity contribution in [2.24, 2.45) is 0 Å². The maximum atomic E-state index is 12.1. The zero-order valence-electron chi connectivity index (χ0n) is 14.7. The third-order valence-corrected chi connectivity index (χ3v) is 5.12. The number of halogens is 1. The molecule has 0 aliphatic heterocycles. The summed E-state index contributed by atoms with van der Waals surface area (Å²) in [4.78, 5) is 23.3. The first-order valence-corrected chi connectivity index (χ1v) is 9.15. The molecular formula is C19H17ClN4O2S. The number of benzene rings is 2. The van der Waals surface area contributed by atoms with Crippen LogP contribution in [0, 0.1) is 0 Å². The van der Waals surface area contributed by atoms with Gasteiger partial charge in [-0.3, -0.25) is 0 Å². The highest BCUT2D eigenvalue weighted by molar-refractivity contribution is 7.99. The molecule has 2 N–H and O–H groups in total. The minimum Gasteiger partial charge on any atom is -0.465 e. The van der Waals surface area contributed by atoms with Crippen LogP contribution in [0.5, 0.6) is 0 Å². The van der Waals surface area contributed by atoms with Crippen molar-refractivity contribution in [3.8, 4) is 0 Å². The molecule has 0 atom stereocenters. The molecule has 1 heterocycles. The van der Waals surface area contributed by atoms with E-state index in [0.29, 0.717) is 32.8 Å². The van der Waals surface area contributed by atoms with Crippen LogP contribution in [0.15, 0.2) is 64.8 Å². The Morgan fingerprint density at radius 3 is 2.56 bits per heavy atom. The average Bonchev–Trinajstić information content (AvgIpc) is 2.70. The fourth-order valence-corrected chi connectivity index (χ4v) is 3.42. The third kappa shape index (κ3) is 4.15. The third-order valence-electron chi connectivity index (χ3n) is 3.84. The molecule has 0 aliphatic rings. The summed E-state index contributed by atoms with van der Waals surface area (Å²) in [7, 11) is 3.14. The van der Waals surface area contributed by atoms with Crippen LogP contribution in [0.1, 0.15) is 10.4 Å². The monoisotopic (exact) mass is 400 g/mol. The van der Waals surface area contributed by atoms with Crippen molar-refractivity contribution in [2.45, 2.75) is 9.92 Å². The summed E-state index contributed by atoms with van der Waals surface area (Å²) in [6.07, 6.45) is 1.45. The van der Waals surface area contributed by atoms with Gasteiger partial charge in [0.25, 0.3) is 0 Å². The van der Waals surface area contributed by atoms with Crippen molar-refractivity contribution in [2.75, 3.05) is 24.8 Å². The molecule has 27 heavy (non-hydrogen) atoms. The van der Waals surface area contributed by atoms with E-state index in [1.165, 1.54) is 25.2 Å². The maximum absolute atomic E-state index is 12.1. The van der Waals surface area contributed by atoms with E-state index in [0.717, 1.165) is 4.90 Å². The lowest BCUT2D eigenvalue weighted by atomic mass is 10.1. The molecule has 8 heteroatoms. The lowest BCUT2D eigenvalue weighted by Crippen LogP contribution is -2.18. The number of anilines is 3. The van der Waals surface area contributed by atoms with Crippen LogP contribution < -0.4 is 10.6 Å². The van der Waals surface area contributed by atoms with Crippen LogP contribution in [0.25, 0.3) is 0 Å². The van der Waals surface area contributed by atoms with Gasteiger partial charge in [0.2, 0.25) is 0 Å². The van der Waals surface area contributed by atoms with Crippen molar-refractivity contribution < 1.29 is 9.53 Å². The second kappa shape index (κ2) is 8.28. The number of carbonyl (C=O) groups is 1. The second-order valence-electron chi connectivity index (χ2n) is 5.54. The Hall–Kier alpha value is -2.77. The van der Waals surface area contributed by atoms with Crippen LogP contribution in [-0.4, -0.2) is 30.1 Å². The summed E-state index contributed by atoms with van der Waals surface area (Å²) in [5.74, 6) is 0.0682. The van der Waals surface area contributed by atoms with E-state index in [-0.39, 0.29) is 0 Å². The SMILES string of the molecule is COC(=O)c1ccccc1N(C)c1ncnc(Sc2ccc(Cl)cc2)c1N. The molecule has 3 rings (SSSR count). The van der Waals surface area contributed by atoms with Crippen molar-refractivity contribution in [1.82, 2.24) is 9.97 Å². The number of nitrogens with zero attached hydrogens (tertiary/aromatic N) is 3. The van der Waals surface area contributed by atoms with Crippen LogP contribution in [0.2, 0.25) is 5.02 Å². The molecule has 0 aliphatic carbocycles. The minimum absolute atomic E-state index is 0.416. The predicted molar refractivity (Wildman–Crippen MR) is 108 cm³/mol. The highest BCUT2D eigenvalue weighted by Crippen LogP contribution is 2.37. The van der Waals surface area contributed by atoms with Gasteiger partial charge in [0.1, 0.15) is 17.0 Å². The minimum atomic E-state index is -0.430. The van der Waals surface area contributed by atoms with E-state index in [2.05, 4.69) is 9.97 Å². The number of nitrogen functional groups attached to an aromatic ring is 1. The molecule has 0 saturated carbocycles. The van der Waals surface area contributed by atoms with E-state index in [4.69, 9.17) is 22.1 Å². The molecule has 6 nitrogen and oxygen atoms in total. The van der Waals surface area contributed by atoms with Gasteiger partial charge >= 0.3 is 5.97 Å². The number of hydrogen-bond donors (Lipinski definition) is 1. The Labute approximate surface area is 166 Å². The molecule has 0 amide bonds. The Kier molecular flexibility index (Phi) is 5.83. The molecule has 0 radical (unpaired) electrons. The molecule has 138 valence electrons. The van der Waals surface area contributed by atoms with Gasteiger partial charge in [-0.05, 0) is 36.4 Å². The topological polar surface area (TPSA) is 81.3 Å². The van der Waals surface area contributed by atoms with Gasteiger partial charge in [0, 0.05) is 17.0 Å². The van der Waals surface area contributed by atoms with Crippen molar-refractivity contribution >= 4 is 46.5 Å². The van der Waals surface area contributed by atoms with E-state index in [1.807, 2.05) is 18.2 Å². The Morgan fingerprint density at radius 1 is 1.15 bits per heavy atom. The molecule has 1 aromatic heterocycles. The van der Waals surface area contributed by atoms with Gasteiger partial charge in [-0.25, -0.2) is 14.8 Å². The highest BCUT2D eigenvalue weighted by atomic mass is 35.5. The number of nitrogens with two attached hydrogens (primary N) is 1. The lowest BCUT2D eigenvalue weighted by molar-refractivity contribution is 0.0601. The van der Waals surface area contributed by atoms with Gasteiger partial charge in [-0.1, -0.05) is 35.5 Å². The molecule has 0 bridgehead atoms. The summed E-state index contributed by atoms with van der Waals surface area (Å²) in [5, 5.41) is 1.28. The fraction of sp³-hybridized carbons (Fsp3) is 0.105. The summed E-state index contributed by atoms with van der Waals surface area (Å²) >= 11 is 7.34. The summed E-state index contributed by atoms with van der Waals surface area (Å²) in [5.41, 5.74) is 7.80. The van der Waals surface area contributed by atoms with Crippen molar-refractivity contribution in [3.05, 3.63) is 65.4 Å². The summed E-state index contributed by atoms with van der Waals surface area (Å²) in [6.45, 7) is 0. The van der Waals surface area contributed by atoms with Gasteiger partial charge in [0.05, 0.1) is 18.4 Å². The largest absolute Gasteiger partial charge is 0.465 e. The number of rotatable bonds is 5. The zero-order chi connectivity index (χ0) is 19.4. The fourth-order valence-electron chi connectivity index (χ4n) is 2.50. The maximum Gasteiger partial charge on any atom is 0.339 e. The van der Waals surface area contributed by atoms with Gasteiger partial charge < -0.3 is 15.4 Å². The number of hydrogen-bond acceptors (Lipinski definition) is 7. The van der Waals surface area contributed by atoms with Crippen LogP contribution in [-0.2, 0) is 4.74 Å². The van der Waals surface area contributed by atoms with Crippen LogP contribution >= 0.6 is 23.4 Å². The van der Waals surface area contributed by atoms with E-state index >= 15 is 0 Å². The Bertz CT molecular complexity index is 966. The first-order valence-electron chi connectivity index (χ1n) is 7.96. The molecular weight excluding hydrogens is 384 g/mol. The Balaban J connectivity index is 1.96. The molecule has 0 unspecified atom stereocenters. The Morgan fingerprint density at radius 2 is 1.85 bits per heavy atom. The smallest absolute Gasteiger partial charge is 0.339 e.